The predicted octanol–water partition coefficient (Wildman–Crippen LogP) is 0.344. The van der Waals surface area contributed by atoms with E-state index in [1.165, 1.54) is 12.1 Å². The molecule has 0 spiro atoms. The maximum Gasteiger partial charge on any atom is 0.229 e. The molecule has 1 saturated heterocycles. The molecule has 9 heteroatoms. The highest BCUT2D eigenvalue weighted by molar-refractivity contribution is 5.86. The molecule has 0 aliphatic carbocycles. The monoisotopic (exact) mass is 416 g/mol. The van der Waals surface area contributed by atoms with Gasteiger partial charge in [0.25, 0.3) is 0 Å². The number of hydrogen-bond acceptors (Lipinski definition) is 9. The molecule has 2 heterocycles. The summed E-state index contributed by atoms with van der Waals surface area (Å²) in [6.45, 7) is -0.608. The van der Waals surface area contributed by atoms with Crippen molar-refractivity contribution in [3.8, 4) is 22.8 Å². The Morgan fingerprint density at radius 3 is 2.40 bits per heavy atom. The molecule has 0 bridgehead atoms. The standard InChI is InChI=1S/C21H20O9/c22-9-16-18(25)19(26)20(27)21(30-16)28-11-6-12(23)17-13(24)8-14(29-15(17)7-11)10-4-2-1-3-5-10/h1-8,16,18-23,25-27H,9H2/t16-,18+,19-,20+,21+/m0/s1. The summed E-state index contributed by atoms with van der Waals surface area (Å²) in [6.07, 6.45) is -7.35. The van der Waals surface area contributed by atoms with Gasteiger partial charge in [-0.2, -0.15) is 0 Å². The van der Waals surface area contributed by atoms with E-state index in [1.54, 1.807) is 24.3 Å². The van der Waals surface area contributed by atoms with E-state index in [0.717, 1.165) is 6.07 Å². The molecule has 1 aliphatic rings. The van der Waals surface area contributed by atoms with Crippen LogP contribution in [0.15, 0.2) is 57.7 Å². The van der Waals surface area contributed by atoms with Crippen molar-refractivity contribution < 1.29 is 39.4 Å². The van der Waals surface area contributed by atoms with E-state index >= 15 is 0 Å². The Labute approximate surface area is 170 Å². The molecule has 4 rings (SSSR count). The molecular formula is C21H20O9. The molecule has 158 valence electrons. The molecule has 0 unspecified atom stereocenters. The Balaban J connectivity index is 1.71. The van der Waals surface area contributed by atoms with Gasteiger partial charge in [0.15, 0.2) is 5.43 Å². The lowest BCUT2D eigenvalue weighted by atomic mass is 9.99. The van der Waals surface area contributed by atoms with Crippen molar-refractivity contribution in [2.24, 2.45) is 0 Å². The minimum absolute atomic E-state index is 0.0160. The van der Waals surface area contributed by atoms with Gasteiger partial charge in [-0.25, -0.2) is 0 Å². The van der Waals surface area contributed by atoms with Crippen LogP contribution in [-0.4, -0.2) is 62.8 Å². The summed E-state index contributed by atoms with van der Waals surface area (Å²) in [4.78, 5) is 12.5. The highest BCUT2D eigenvalue weighted by Gasteiger charge is 2.44. The highest BCUT2D eigenvalue weighted by Crippen LogP contribution is 2.33. The van der Waals surface area contributed by atoms with E-state index in [2.05, 4.69) is 0 Å². The van der Waals surface area contributed by atoms with Gasteiger partial charge in [0.05, 0.1) is 6.61 Å². The van der Waals surface area contributed by atoms with Gasteiger partial charge in [-0.1, -0.05) is 30.3 Å². The molecule has 9 nitrogen and oxygen atoms in total. The third kappa shape index (κ3) is 3.64. The van der Waals surface area contributed by atoms with Gasteiger partial charge in [0.1, 0.15) is 52.6 Å². The Bertz CT molecular complexity index is 1090. The molecule has 1 aromatic heterocycles. The summed E-state index contributed by atoms with van der Waals surface area (Å²) in [5.74, 6) is -0.129. The summed E-state index contributed by atoms with van der Waals surface area (Å²) in [7, 11) is 0. The fourth-order valence-corrected chi connectivity index (χ4v) is 3.36. The molecule has 1 aliphatic heterocycles. The molecule has 0 saturated carbocycles. The van der Waals surface area contributed by atoms with Gasteiger partial charge in [0, 0.05) is 23.8 Å². The second-order valence-electron chi connectivity index (χ2n) is 6.97. The second-order valence-corrected chi connectivity index (χ2v) is 6.97. The van der Waals surface area contributed by atoms with Crippen molar-refractivity contribution in [1.29, 1.82) is 0 Å². The lowest BCUT2D eigenvalue weighted by Gasteiger charge is -2.39. The van der Waals surface area contributed by atoms with Crippen LogP contribution in [0.5, 0.6) is 11.5 Å². The van der Waals surface area contributed by atoms with Crippen LogP contribution in [0.2, 0.25) is 0 Å². The van der Waals surface area contributed by atoms with Crippen LogP contribution in [-0.2, 0) is 4.74 Å². The number of hydrogen-bond donors (Lipinski definition) is 5. The van der Waals surface area contributed by atoms with Crippen LogP contribution in [0.25, 0.3) is 22.3 Å². The lowest BCUT2D eigenvalue weighted by molar-refractivity contribution is -0.277. The summed E-state index contributed by atoms with van der Waals surface area (Å²) < 4.78 is 16.6. The molecule has 0 radical (unpaired) electrons. The number of fused-ring (bicyclic) bond motifs is 1. The van der Waals surface area contributed by atoms with Crippen molar-refractivity contribution in [2.45, 2.75) is 30.7 Å². The summed E-state index contributed by atoms with van der Waals surface area (Å²) in [5, 5.41) is 49.4. The van der Waals surface area contributed by atoms with Crippen LogP contribution in [0.3, 0.4) is 0 Å². The number of ether oxygens (including phenoxy) is 2. The number of rotatable bonds is 4. The van der Waals surface area contributed by atoms with Crippen molar-refractivity contribution in [1.82, 2.24) is 0 Å². The van der Waals surface area contributed by atoms with Crippen LogP contribution in [0.1, 0.15) is 0 Å². The first-order valence-electron chi connectivity index (χ1n) is 9.22. The van der Waals surface area contributed by atoms with E-state index in [-0.39, 0.29) is 22.5 Å². The lowest BCUT2D eigenvalue weighted by Crippen LogP contribution is -2.60. The average Bonchev–Trinajstić information content (AvgIpc) is 2.74. The van der Waals surface area contributed by atoms with E-state index in [1.807, 2.05) is 6.07 Å². The zero-order valence-electron chi connectivity index (χ0n) is 15.6. The smallest absolute Gasteiger partial charge is 0.229 e. The zero-order valence-corrected chi connectivity index (χ0v) is 15.6. The quantitative estimate of drug-likeness (QED) is 0.406. The molecule has 30 heavy (non-hydrogen) atoms. The fourth-order valence-electron chi connectivity index (χ4n) is 3.36. The van der Waals surface area contributed by atoms with Crippen molar-refractivity contribution in [3.05, 3.63) is 58.8 Å². The van der Waals surface area contributed by atoms with Crippen molar-refractivity contribution >= 4 is 11.0 Å². The van der Waals surface area contributed by atoms with Gasteiger partial charge in [0.2, 0.25) is 6.29 Å². The third-order valence-electron chi connectivity index (χ3n) is 4.94. The third-order valence-corrected chi connectivity index (χ3v) is 4.94. The van der Waals surface area contributed by atoms with Gasteiger partial charge in [-0.3, -0.25) is 4.79 Å². The van der Waals surface area contributed by atoms with Gasteiger partial charge in [-0.05, 0) is 0 Å². The van der Waals surface area contributed by atoms with Gasteiger partial charge < -0.3 is 39.4 Å². The zero-order chi connectivity index (χ0) is 21.4. The number of aromatic hydroxyl groups is 1. The Kier molecular flexibility index (Phi) is 5.46. The Hall–Kier alpha value is -2.95. The molecular weight excluding hydrogens is 396 g/mol. The summed E-state index contributed by atoms with van der Waals surface area (Å²) >= 11 is 0. The minimum atomic E-state index is -1.62. The number of benzene rings is 2. The average molecular weight is 416 g/mol. The van der Waals surface area contributed by atoms with Crippen LogP contribution in [0.4, 0.5) is 0 Å². The van der Waals surface area contributed by atoms with Crippen molar-refractivity contribution in [3.63, 3.8) is 0 Å². The molecule has 2 aromatic carbocycles. The molecule has 3 aromatic rings. The van der Waals surface area contributed by atoms with E-state index in [9.17, 15) is 30.3 Å². The predicted molar refractivity (Wildman–Crippen MR) is 104 cm³/mol. The number of phenolic OH excluding ortho intramolecular Hbond substituents is 1. The molecule has 0 amide bonds. The first-order chi connectivity index (χ1) is 14.4. The normalized spacial score (nSPS) is 26.6. The van der Waals surface area contributed by atoms with Gasteiger partial charge >= 0.3 is 0 Å². The fraction of sp³-hybridized carbons (Fsp3) is 0.286. The maximum atomic E-state index is 12.5. The largest absolute Gasteiger partial charge is 0.507 e. The Morgan fingerprint density at radius 2 is 1.70 bits per heavy atom. The number of aliphatic hydroxyl groups excluding tert-OH is 4. The summed E-state index contributed by atoms with van der Waals surface area (Å²) in [6, 6.07) is 12.7. The van der Waals surface area contributed by atoms with Crippen LogP contribution < -0.4 is 10.2 Å². The number of phenols is 1. The number of aliphatic hydroxyl groups is 4. The molecule has 5 atom stereocenters. The van der Waals surface area contributed by atoms with E-state index < -0.39 is 48.5 Å². The van der Waals surface area contributed by atoms with Crippen LogP contribution in [0, 0.1) is 0 Å². The topological polar surface area (TPSA) is 150 Å². The Morgan fingerprint density at radius 1 is 0.967 bits per heavy atom. The SMILES string of the molecule is O=c1cc(-c2ccccc2)oc2cc(O[C@@H]3O[C@@H](CO)[C@@H](O)[C@H](O)[C@H]3O)cc(O)c12. The van der Waals surface area contributed by atoms with Crippen molar-refractivity contribution in [2.75, 3.05) is 6.61 Å². The second kappa shape index (κ2) is 8.05. The van der Waals surface area contributed by atoms with E-state index in [0.29, 0.717) is 5.56 Å². The summed E-state index contributed by atoms with van der Waals surface area (Å²) in [5.41, 5.74) is 0.254. The minimum Gasteiger partial charge on any atom is -0.507 e. The maximum absolute atomic E-state index is 12.5. The molecule has 1 fully saturated rings. The van der Waals surface area contributed by atoms with Gasteiger partial charge in [-0.15, -0.1) is 0 Å². The van der Waals surface area contributed by atoms with E-state index in [4.69, 9.17) is 13.9 Å². The first-order valence-corrected chi connectivity index (χ1v) is 9.22. The molecule has 5 N–H and O–H groups in total. The van der Waals surface area contributed by atoms with Crippen LogP contribution >= 0.6 is 0 Å². The first kappa shape index (κ1) is 20.3. The highest BCUT2D eigenvalue weighted by atomic mass is 16.7.